The maximum Gasteiger partial charge on any atom is 0.269 e. The Bertz CT molecular complexity index is 764. The van der Waals surface area contributed by atoms with Crippen LogP contribution in [-0.2, 0) is 4.79 Å². The van der Waals surface area contributed by atoms with Crippen LogP contribution in [0.15, 0.2) is 53.0 Å². The summed E-state index contributed by atoms with van der Waals surface area (Å²) in [6.07, 6.45) is 0. The van der Waals surface area contributed by atoms with Crippen LogP contribution in [0.2, 0.25) is 0 Å². The summed E-state index contributed by atoms with van der Waals surface area (Å²) < 4.78 is 6.24. The van der Waals surface area contributed by atoms with Crippen LogP contribution in [0.4, 0.5) is 0 Å². The number of halogens is 1. The highest BCUT2D eigenvalue weighted by molar-refractivity contribution is 9.10. The van der Waals surface area contributed by atoms with Crippen molar-refractivity contribution < 1.29 is 14.3 Å². The summed E-state index contributed by atoms with van der Waals surface area (Å²) in [4.78, 5) is 23.7. The number of thiocarbonyl (C=S) groups is 1. The number of rotatable bonds is 4. The van der Waals surface area contributed by atoms with E-state index in [0.29, 0.717) is 11.3 Å². The van der Waals surface area contributed by atoms with Crippen molar-refractivity contribution in [2.24, 2.45) is 0 Å². The first-order chi connectivity index (χ1) is 11.9. The third-order valence-electron chi connectivity index (χ3n) is 3.04. The van der Waals surface area contributed by atoms with Gasteiger partial charge < -0.3 is 4.74 Å². The standard InChI is InChI=1S/C17H16BrN3O3S/c1-11-2-4-12(5-3-11)16(23)20-21-17(25)19-15(22)10-24-14-8-6-13(18)7-9-14/h2-9H,10H2,1H3,(H,20,23)(H2,19,21,22,25). The second-order valence-electron chi connectivity index (χ2n) is 5.07. The summed E-state index contributed by atoms with van der Waals surface area (Å²) in [5.41, 5.74) is 6.41. The zero-order valence-corrected chi connectivity index (χ0v) is 15.7. The molecule has 6 nitrogen and oxygen atoms in total. The van der Waals surface area contributed by atoms with E-state index in [-0.39, 0.29) is 17.6 Å². The number of aryl methyl sites for hydroxylation is 1. The van der Waals surface area contributed by atoms with E-state index in [2.05, 4.69) is 32.1 Å². The van der Waals surface area contributed by atoms with E-state index in [1.807, 2.05) is 19.1 Å². The van der Waals surface area contributed by atoms with Crippen molar-refractivity contribution in [3.63, 3.8) is 0 Å². The lowest BCUT2D eigenvalue weighted by Gasteiger charge is -2.11. The average molecular weight is 422 g/mol. The van der Waals surface area contributed by atoms with Crippen molar-refractivity contribution in [2.45, 2.75) is 6.92 Å². The molecule has 0 aromatic heterocycles. The van der Waals surface area contributed by atoms with E-state index in [9.17, 15) is 9.59 Å². The van der Waals surface area contributed by atoms with E-state index < -0.39 is 5.91 Å². The van der Waals surface area contributed by atoms with Gasteiger partial charge in [0.05, 0.1) is 0 Å². The molecule has 0 spiro atoms. The number of carbonyl (C=O) groups is 2. The van der Waals surface area contributed by atoms with Gasteiger partial charge in [-0.15, -0.1) is 0 Å². The highest BCUT2D eigenvalue weighted by Crippen LogP contribution is 2.15. The Morgan fingerprint density at radius 3 is 2.32 bits per heavy atom. The zero-order valence-electron chi connectivity index (χ0n) is 13.3. The summed E-state index contributed by atoms with van der Waals surface area (Å²) >= 11 is 8.26. The molecule has 2 amide bonds. The molecule has 8 heteroatoms. The fourth-order valence-corrected chi connectivity index (χ4v) is 2.19. The van der Waals surface area contributed by atoms with Crippen molar-refractivity contribution in [1.29, 1.82) is 0 Å². The number of hydrogen-bond acceptors (Lipinski definition) is 4. The van der Waals surface area contributed by atoms with Crippen LogP contribution in [0.25, 0.3) is 0 Å². The van der Waals surface area contributed by atoms with E-state index >= 15 is 0 Å². The van der Waals surface area contributed by atoms with Crippen molar-refractivity contribution in [3.8, 4) is 5.75 Å². The highest BCUT2D eigenvalue weighted by Gasteiger charge is 2.08. The number of nitrogens with one attached hydrogen (secondary N) is 3. The number of ether oxygens (including phenoxy) is 1. The van der Waals surface area contributed by atoms with Gasteiger partial charge in [0.15, 0.2) is 11.7 Å². The summed E-state index contributed by atoms with van der Waals surface area (Å²) in [5, 5.41) is 2.39. The first-order valence-corrected chi connectivity index (χ1v) is 8.49. The molecule has 130 valence electrons. The number of hydrogen-bond donors (Lipinski definition) is 3. The quantitative estimate of drug-likeness (QED) is 0.521. The lowest BCUT2D eigenvalue weighted by molar-refractivity contribution is -0.121. The predicted octanol–water partition coefficient (Wildman–Crippen LogP) is 2.47. The summed E-state index contributed by atoms with van der Waals surface area (Å²) in [7, 11) is 0. The molecule has 0 aliphatic rings. The summed E-state index contributed by atoms with van der Waals surface area (Å²) in [6, 6.07) is 14.1. The monoisotopic (exact) mass is 421 g/mol. The van der Waals surface area contributed by atoms with Crippen molar-refractivity contribution in [3.05, 3.63) is 64.1 Å². The van der Waals surface area contributed by atoms with E-state index in [1.165, 1.54) is 0 Å². The molecule has 0 atom stereocenters. The fourth-order valence-electron chi connectivity index (χ4n) is 1.76. The molecule has 0 aliphatic heterocycles. The molecule has 2 rings (SSSR count). The molecule has 25 heavy (non-hydrogen) atoms. The van der Waals surface area contributed by atoms with Crippen LogP contribution in [0.3, 0.4) is 0 Å². The Hall–Kier alpha value is -2.45. The first-order valence-electron chi connectivity index (χ1n) is 7.29. The predicted molar refractivity (Wildman–Crippen MR) is 102 cm³/mol. The highest BCUT2D eigenvalue weighted by atomic mass is 79.9. The molecule has 3 N–H and O–H groups in total. The van der Waals surface area contributed by atoms with E-state index in [0.717, 1.165) is 10.0 Å². The van der Waals surface area contributed by atoms with Crippen LogP contribution >= 0.6 is 28.1 Å². The molecule has 0 saturated heterocycles. The van der Waals surface area contributed by atoms with Gasteiger partial charge in [-0.2, -0.15) is 0 Å². The maximum atomic E-state index is 11.9. The SMILES string of the molecule is Cc1ccc(C(=O)NNC(=S)NC(=O)COc2ccc(Br)cc2)cc1. The summed E-state index contributed by atoms with van der Waals surface area (Å²) in [6.45, 7) is 1.73. The van der Waals surface area contributed by atoms with Gasteiger partial charge in [-0.1, -0.05) is 33.6 Å². The largest absolute Gasteiger partial charge is 0.484 e. The molecule has 0 bridgehead atoms. The normalized spacial score (nSPS) is 9.84. The van der Waals surface area contributed by atoms with Gasteiger partial charge >= 0.3 is 0 Å². The van der Waals surface area contributed by atoms with E-state index in [1.54, 1.807) is 36.4 Å². The van der Waals surface area contributed by atoms with Crippen molar-refractivity contribution >= 4 is 45.1 Å². The lowest BCUT2D eigenvalue weighted by atomic mass is 10.1. The van der Waals surface area contributed by atoms with Gasteiger partial charge in [-0.25, -0.2) is 0 Å². The lowest BCUT2D eigenvalue weighted by Crippen LogP contribution is -2.49. The minimum Gasteiger partial charge on any atom is -0.484 e. The second-order valence-corrected chi connectivity index (χ2v) is 6.39. The molecule has 0 heterocycles. The molecule has 0 saturated carbocycles. The van der Waals surface area contributed by atoms with Crippen LogP contribution in [-0.4, -0.2) is 23.5 Å². The maximum absolute atomic E-state index is 11.9. The van der Waals surface area contributed by atoms with Gasteiger partial charge in [0.25, 0.3) is 11.8 Å². The Labute approximate surface area is 159 Å². The molecular weight excluding hydrogens is 406 g/mol. The molecule has 0 unspecified atom stereocenters. The first kappa shape index (κ1) is 18.9. The van der Waals surface area contributed by atoms with Gasteiger partial charge in [0.2, 0.25) is 0 Å². The van der Waals surface area contributed by atoms with Gasteiger partial charge in [-0.3, -0.25) is 25.8 Å². The minimum absolute atomic E-state index is 0.0233. The Kier molecular flexibility index (Phi) is 6.91. The third-order valence-corrected chi connectivity index (χ3v) is 3.77. The van der Waals surface area contributed by atoms with Crippen LogP contribution < -0.4 is 20.9 Å². The fraction of sp³-hybridized carbons (Fsp3) is 0.118. The Balaban J connectivity index is 1.72. The number of amides is 2. The topological polar surface area (TPSA) is 79.5 Å². The summed E-state index contributed by atoms with van der Waals surface area (Å²) in [5.74, 6) is -0.238. The van der Waals surface area contributed by atoms with E-state index in [4.69, 9.17) is 17.0 Å². The van der Waals surface area contributed by atoms with Gasteiger partial charge in [0.1, 0.15) is 5.75 Å². The Morgan fingerprint density at radius 1 is 1.04 bits per heavy atom. The number of carbonyl (C=O) groups excluding carboxylic acids is 2. The third kappa shape index (κ3) is 6.52. The Morgan fingerprint density at radius 2 is 1.68 bits per heavy atom. The zero-order chi connectivity index (χ0) is 18.2. The molecular formula is C17H16BrN3O3S. The van der Waals surface area contributed by atoms with Gasteiger partial charge in [-0.05, 0) is 55.5 Å². The van der Waals surface area contributed by atoms with Crippen LogP contribution in [0.5, 0.6) is 5.75 Å². The average Bonchev–Trinajstić information content (AvgIpc) is 2.60. The van der Waals surface area contributed by atoms with Crippen LogP contribution in [0, 0.1) is 6.92 Å². The molecule has 2 aromatic carbocycles. The molecule has 2 aromatic rings. The van der Waals surface area contributed by atoms with Crippen LogP contribution in [0.1, 0.15) is 15.9 Å². The molecule has 0 fully saturated rings. The minimum atomic E-state index is -0.440. The smallest absolute Gasteiger partial charge is 0.269 e. The molecule has 0 radical (unpaired) electrons. The molecule has 0 aliphatic carbocycles. The van der Waals surface area contributed by atoms with Crippen molar-refractivity contribution in [1.82, 2.24) is 16.2 Å². The van der Waals surface area contributed by atoms with Crippen molar-refractivity contribution in [2.75, 3.05) is 6.61 Å². The number of hydrazine groups is 1. The van der Waals surface area contributed by atoms with Gasteiger partial charge in [0, 0.05) is 10.0 Å². The second kappa shape index (κ2) is 9.14. The number of benzene rings is 2.